The zero-order chi connectivity index (χ0) is 13.9. The van der Waals surface area contributed by atoms with E-state index in [0.717, 1.165) is 13.1 Å². The van der Waals surface area contributed by atoms with Gasteiger partial charge in [0.1, 0.15) is 10.7 Å². The minimum atomic E-state index is -3.46. The molecule has 0 radical (unpaired) electrons. The fraction of sp³-hybridized carbons (Fsp3) is 0.583. The number of nitrogens with one attached hydrogen (secondary N) is 1. The summed E-state index contributed by atoms with van der Waals surface area (Å²) in [7, 11) is -1.46. The van der Waals surface area contributed by atoms with Gasteiger partial charge >= 0.3 is 0 Å². The molecule has 0 saturated carbocycles. The summed E-state index contributed by atoms with van der Waals surface area (Å²) < 4.78 is 26.8. The summed E-state index contributed by atoms with van der Waals surface area (Å²) >= 11 is 0. The van der Waals surface area contributed by atoms with E-state index in [0.29, 0.717) is 25.5 Å². The lowest BCUT2D eigenvalue weighted by atomic mass is 10.4. The summed E-state index contributed by atoms with van der Waals surface area (Å²) in [5.74, 6) is 0.434. The molecule has 1 fully saturated rings. The molecule has 2 heterocycles. The zero-order valence-electron chi connectivity index (χ0n) is 11.3. The van der Waals surface area contributed by atoms with Gasteiger partial charge in [-0.2, -0.15) is 4.31 Å². The van der Waals surface area contributed by atoms with Gasteiger partial charge in [-0.05, 0) is 26.1 Å². The molecule has 0 unspecified atom stereocenters. The first-order chi connectivity index (χ1) is 9.05. The van der Waals surface area contributed by atoms with Crippen molar-refractivity contribution in [2.45, 2.75) is 11.8 Å². The van der Waals surface area contributed by atoms with Crippen molar-refractivity contribution in [1.82, 2.24) is 14.2 Å². The number of hydrogen-bond acceptors (Lipinski definition) is 5. The lowest BCUT2D eigenvalue weighted by Crippen LogP contribution is -2.47. The van der Waals surface area contributed by atoms with Crippen molar-refractivity contribution >= 4 is 15.8 Å². The molecule has 0 amide bonds. The van der Waals surface area contributed by atoms with Crippen molar-refractivity contribution < 1.29 is 8.42 Å². The molecule has 6 nitrogen and oxygen atoms in total. The van der Waals surface area contributed by atoms with Crippen molar-refractivity contribution in [3.63, 3.8) is 0 Å². The monoisotopic (exact) mass is 284 g/mol. The Morgan fingerprint density at radius 2 is 2.00 bits per heavy atom. The Morgan fingerprint density at radius 1 is 1.32 bits per heavy atom. The first kappa shape index (κ1) is 14.2. The highest BCUT2D eigenvalue weighted by Gasteiger charge is 2.29. The maximum absolute atomic E-state index is 12.6. The van der Waals surface area contributed by atoms with Crippen molar-refractivity contribution in [1.29, 1.82) is 0 Å². The van der Waals surface area contributed by atoms with Gasteiger partial charge < -0.3 is 10.2 Å². The second-order valence-corrected chi connectivity index (χ2v) is 6.49. The van der Waals surface area contributed by atoms with E-state index < -0.39 is 10.0 Å². The number of nitrogens with zero attached hydrogens (tertiary/aromatic N) is 3. The van der Waals surface area contributed by atoms with Crippen LogP contribution in [0, 0.1) is 0 Å². The van der Waals surface area contributed by atoms with Crippen LogP contribution in [0.2, 0.25) is 0 Å². The second kappa shape index (κ2) is 5.85. The third-order valence-electron chi connectivity index (χ3n) is 3.19. The smallest absolute Gasteiger partial charge is 0.246 e. The number of sulfonamides is 1. The van der Waals surface area contributed by atoms with Gasteiger partial charge in [0.15, 0.2) is 0 Å². The highest BCUT2D eigenvalue weighted by molar-refractivity contribution is 7.89. The SMILES string of the molecule is CCNc1ncccc1S(=O)(=O)N1CCN(C)CC1. The molecule has 2 rings (SSSR count). The molecule has 0 aromatic carbocycles. The number of pyridine rings is 1. The van der Waals surface area contributed by atoms with Crippen molar-refractivity contribution in [3.05, 3.63) is 18.3 Å². The summed E-state index contributed by atoms with van der Waals surface area (Å²) in [6, 6.07) is 3.27. The summed E-state index contributed by atoms with van der Waals surface area (Å²) in [5, 5.41) is 3.00. The number of likely N-dealkylation sites (N-methyl/N-ethyl adjacent to an activating group) is 1. The average Bonchev–Trinajstić information content (AvgIpc) is 2.40. The Bertz CT molecular complexity index is 524. The normalized spacial score (nSPS) is 18.4. The predicted molar refractivity (Wildman–Crippen MR) is 74.7 cm³/mol. The number of anilines is 1. The maximum Gasteiger partial charge on any atom is 0.246 e. The standard InChI is InChI=1S/C12H20N4O2S/c1-3-13-12-11(5-4-6-14-12)19(17,18)16-9-7-15(2)8-10-16/h4-6H,3,7-10H2,1-2H3,(H,13,14). The number of piperazine rings is 1. The molecule has 19 heavy (non-hydrogen) atoms. The minimum absolute atomic E-state index is 0.265. The predicted octanol–water partition coefficient (Wildman–Crippen LogP) is 0.449. The molecule has 0 atom stereocenters. The Morgan fingerprint density at radius 3 is 2.63 bits per heavy atom. The van der Waals surface area contributed by atoms with Crippen molar-refractivity contribution in [3.8, 4) is 0 Å². The van der Waals surface area contributed by atoms with Gasteiger partial charge in [0.05, 0.1) is 0 Å². The molecule has 7 heteroatoms. The van der Waals surface area contributed by atoms with Gasteiger partial charge in [-0.25, -0.2) is 13.4 Å². The Kier molecular flexibility index (Phi) is 4.38. The average molecular weight is 284 g/mol. The quantitative estimate of drug-likeness (QED) is 0.869. The van der Waals surface area contributed by atoms with Gasteiger partial charge in [-0.3, -0.25) is 0 Å². The Hall–Kier alpha value is -1.18. The molecular formula is C12H20N4O2S. The Labute approximate surface area is 114 Å². The molecule has 1 aliphatic rings. The number of aromatic nitrogens is 1. The molecule has 0 aliphatic carbocycles. The van der Waals surface area contributed by atoms with E-state index in [1.807, 2.05) is 14.0 Å². The van der Waals surface area contributed by atoms with E-state index in [9.17, 15) is 8.42 Å². The van der Waals surface area contributed by atoms with E-state index in [4.69, 9.17) is 0 Å². The van der Waals surface area contributed by atoms with E-state index in [-0.39, 0.29) is 4.90 Å². The van der Waals surface area contributed by atoms with Gasteiger partial charge in [-0.15, -0.1) is 0 Å². The molecular weight excluding hydrogens is 264 g/mol. The van der Waals surface area contributed by atoms with Crippen LogP contribution >= 0.6 is 0 Å². The summed E-state index contributed by atoms with van der Waals surface area (Å²) in [5.41, 5.74) is 0. The van der Waals surface area contributed by atoms with Crippen LogP contribution in [0.3, 0.4) is 0 Å². The van der Waals surface area contributed by atoms with Gasteiger partial charge in [0.2, 0.25) is 10.0 Å². The maximum atomic E-state index is 12.6. The van der Waals surface area contributed by atoms with Crippen molar-refractivity contribution in [2.75, 3.05) is 45.1 Å². The molecule has 1 aliphatic heterocycles. The van der Waals surface area contributed by atoms with Crippen LogP contribution in [0.1, 0.15) is 6.92 Å². The minimum Gasteiger partial charge on any atom is -0.369 e. The van der Waals surface area contributed by atoms with E-state index >= 15 is 0 Å². The van der Waals surface area contributed by atoms with Gasteiger partial charge in [0, 0.05) is 38.9 Å². The fourth-order valence-electron chi connectivity index (χ4n) is 2.07. The first-order valence-electron chi connectivity index (χ1n) is 6.43. The summed E-state index contributed by atoms with van der Waals surface area (Å²) in [4.78, 5) is 6.51. The van der Waals surface area contributed by atoms with Gasteiger partial charge in [0.25, 0.3) is 0 Å². The zero-order valence-corrected chi connectivity index (χ0v) is 12.2. The van der Waals surface area contributed by atoms with Crippen LogP contribution in [-0.2, 0) is 10.0 Å². The third kappa shape index (κ3) is 3.05. The molecule has 0 spiro atoms. The van der Waals surface area contributed by atoms with Crippen molar-refractivity contribution in [2.24, 2.45) is 0 Å². The van der Waals surface area contributed by atoms with E-state index in [1.54, 1.807) is 18.3 Å². The van der Waals surface area contributed by atoms with Crippen LogP contribution in [0.15, 0.2) is 23.2 Å². The van der Waals surface area contributed by atoms with E-state index in [2.05, 4.69) is 15.2 Å². The molecule has 1 saturated heterocycles. The fourth-order valence-corrected chi connectivity index (χ4v) is 3.61. The lowest BCUT2D eigenvalue weighted by Gasteiger charge is -2.31. The molecule has 1 aromatic heterocycles. The number of hydrogen-bond donors (Lipinski definition) is 1. The molecule has 106 valence electrons. The first-order valence-corrected chi connectivity index (χ1v) is 7.87. The number of rotatable bonds is 4. The second-order valence-electron chi connectivity index (χ2n) is 4.59. The van der Waals surface area contributed by atoms with Crippen LogP contribution in [0.25, 0.3) is 0 Å². The van der Waals surface area contributed by atoms with Crippen LogP contribution in [0.5, 0.6) is 0 Å². The molecule has 0 bridgehead atoms. The summed E-state index contributed by atoms with van der Waals surface area (Å²) in [6.45, 7) is 5.13. The van der Waals surface area contributed by atoms with Crippen LogP contribution in [-0.4, -0.2) is 62.4 Å². The molecule has 1 N–H and O–H groups in total. The highest BCUT2D eigenvalue weighted by Crippen LogP contribution is 2.23. The van der Waals surface area contributed by atoms with E-state index in [1.165, 1.54) is 4.31 Å². The highest BCUT2D eigenvalue weighted by atomic mass is 32.2. The van der Waals surface area contributed by atoms with Crippen LogP contribution < -0.4 is 5.32 Å². The van der Waals surface area contributed by atoms with Gasteiger partial charge in [-0.1, -0.05) is 0 Å². The molecule has 1 aromatic rings. The largest absolute Gasteiger partial charge is 0.369 e. The lowest BCUT2D eigenvalue weighted by molar-refractivity contribution is 0.222. The topological polar surface area (TPSA) is 65.5 Å². The Balaban J connectivity index is 2.29. The summed E-state index contributed by atoms with van der Waals surface area (Å²) in [6.07, 6.45) is 1.60. The third-order valence-corrected chi connectivity index (χ3v) is 5.13. The van der Waals surface area contributed by atoms with Crippen LogP contribution in [0.4, 0.5) is 5.82 Å².